The van der Waals surface area contributed by atoms with Crippen molar-refractivity contribution in [2.45, 2.75) is 63.8 Å². The Labute approximate surface area is 175 Å². The smallest absolute Gasteiger partial charge is 0.264 e. The summed E-state index contributed by atoms with van der Waals surface area (Å²) in [7, 11) is 0.436. The van der Waals surface area contributed by atoms with Crippen LogP contribution in [0.4, 0.5) is 5.69 Å². The van der Waals surface area contributed by atoms with Crippen molar-refractivity contribution in [3.05, 3.63) is 59.7 Å². The van der Waals surface area contributed by atoms with Crippen molar-refractivity contribution in [2.24, 2.45) is 0 Å². The maximum Gasteiger partial charge on any atom is 0.264 e. The third-order valence-electron chi connectivity index (χ3n) is 5.81. The lowest BCUT2D eigenvalue weighted by atomic mass is 9.98. The molecule has 0 heterocycles. The summed E-state index contributed by atoms with van der Waals surface area (Å²) in [5.41, 5.74) is 2.86. The number of anilines is 1. The molecule has 2 aromatic carbocycles. The van der Waals surface area contributed by atoms with Crippen LogP contribution in [0.25, 0.3) is 0 Å². The van der Waals surface area contributed by atoms with Crippen LogP contribution in [0.2, 0.25) is 0 Å². The van der Waals surface area contributed by atoms with Gasteiger partial charge in [-0.05, 0) is 54.2 Å². The zero-order chi connectivity index (χ0) is 21.0. The molecule has 2 aromatic rings. The maximum absolute atomic E-state index is 14.2. The Morgan fingerprint density at radius 2 is 1.48 bits per heavy atom. The summed E-state index contributed by atoms with van der Waals surface area (Å²) in [5.74, 6) is -0.763. The highest BCUT2D eigenvalue weighted by Gasteiger charge is 2.39. The first-order chi connectivity index (χ1) is 13.8. The van der Waals surface area contributed by atoms with Crippen LogP contribution in [0, 0.1) is 0 Å². The molecule has 0 bridgehead atoms. The molecule has 0 unspecified atom stereocenters. The largest absolute Gasteiger partial charge is 0.378 e. The molecule has 1 aliphatic carbocycles. The van der Waals surface area contributed by atoms with Crippen LogP contribution in [-0.4, -0.2) is 25.3 Å². The van der Waals surface area contributed by atoms with Crippen molar-refractivity contribution in [1.82, 2.24) is 0 Å². The lowest BCUT2D eigenvalue weighted by molar-refractivity contribution is 0.137. The summed E-state index contributed by atoms with van der Waals surface area (Å²) in [4.78, 5) is 2.00. The predicted molar refractivity (Wildman–Crippen MR) is 121 cm³/mol. The molecule has 1 fully saturated rings. The van der Waals surface area contributed by atoms with Gasteiger partial charge in [-0.2, -0.15) is 0 Å². The van der Waals surface area contributed by atoms with Crippen LogP contribution in [0.3, 0.4) is 0 Å². The quantitative estimate of drug-likeness (QED) is 0.579. The molecule has 5 heteroatoms. The number of rotatable bonds is 7. The number of hydrogen-bond donors (Lipinski definition) is 1. The topological polar surface area (TPSA) is 49.8 Å². The summed E-state index contributed by atoms with van der Waals surface area (Å²) in [6.07, 6.45) is 5.11. The first-order valence-corrected chi connectivity index (χ1v) is 12.3. The first kappa shape index (κ1) is 22.1. The van der Waals surface area contributed by atoms with Crippen molar-refractivity contribution < 1.29 is 14.2 Å². The van der Waals surface area contributed by atoms with Crippen molar-refractivity contribution in [3.8, 4) is 0 Å². The monoisotopic (exact) mass is 415 g/mol. The Morgan fingerprint density at radius 1 is 0.931 bits per heavy atom. The van der Waals surface area contributed by atoms with Gasteiger partial charge in [0.25, 0.3) is 7.37 Å². The fourth-order valence-corrected chi connectivity index (χ4v) is 6.16. The van der Waals surface area contributed by atoms with E-state index in [0.717, 1.165) is 31.4 Å². The van der Waals surface area contributed by atoms with E-state index in [-0.39, 0.29) is 6.10 Å². The first-order valence-electron chi connectivity index (χ1n) is 10.7. The Balaban J connectivity index is 1.95. The Bertz CT molecular complexity index is 824. The van der Waals surface area contributed by atoms with E-state index < -0.39 is 13.2 Å². The van der Waals surface area contributed by atoms with Gasteiger partial charge in [0.15, 0.2) is 5.85 Å². The van der Waals surface area contributed by atoms with Crippen molar-refractivity contribution >= 4 is 18.4 Å². The summed E-state index contributed by atoms with van der Waals surface area (Å²) in [5, 5.41) is 11.8. The van der Waals surface area contributed by atoms with Gasteiger partial charge in [-0.15, -0.1) is 0 Å². The SMILES string of the molecule is CC(C)c1ccc([C@H](O)[P@](=O)(OC2CCCCC2)c2ccc(N(C)C)cc2)cc1. The minimum Gasteiger partial charge on any atom is -0.378 e. The van der Waals surface area contributed by atoms with E-state index in [1.54, 1.807) is 0 Å². The fourth-order valence-electron chi connectivity index (χ4n) is 3.86. The van der Waals surface area contributed by atoms with E-state index in [1.807, 2.05) is 67.5 Å². The second kappa shape index (κ2) is 9.47. The minimum atomic E-state index is -3.51. The molecule has 158 valence electrons. The van der Waals surface area contributed by atoms with Crippen LogP contribution in [-0.2, 0) is 9.09 Å². The van der Waals surface area contributed by atoms with Gasteiger partial charge in [0.05, 0.1) is 6.10 Å². The van der Waals surface area contributed by atoms with Gasteiger partial charge in [-0.1, -0.05) is 57.4 Å². The molecule has 0 aromatic heterocycles. The van der Waals surface area contributed by atoms with Crippen LogP contribution < -0.4 is 10.2 Å². The average Bonchev–Trinajstić information content (AvgIpc) is 2.74. The van der Waals surface area contributed by atoms with Crippen LogP contribution in [0.1, 0.15) is 68.8 Å². The number of nitrogens with zero attached hydrogens (tertiary/aromatic N) is 1. The summed E-state index contributed by atoms with van der Waals surface area (Å²) in [6.45, 7) is 4.27. The zero-order valence-corrected chi connectivity index (χ0v) is 18.9. The average molecular weight is 416 g/mol. The van der Waals surface area contributed by atoms with Gasteiger partial charge in [-0.25, -0.2) is 0 Å². The number of benzene rings is 2. The lowest BCUT2D eigenvalue weighted by Gasteiger charge is -2.31. The third kappa shape index (κ3) is 5.12. The van der Waals surface area contributed by atoms with Gasteiger partial charge in [-0.3, -0.25) is 4.57 Å². The van der Waals surface area contributed by atoms with Crippen LogP contribution in [0.15, 0.2) is 48.5 Å². The standard InChI is InChI=1S/C24H34NO3P/c1-18(2)19-10-12-20(13-11-19)24(26)29(27,28-22-8-6-5-7-9-22)23-16-14-21(15-17-23)25(3)4/h10-18,22,24,26H,5-9H2,1-4H3/t24-,29-/m1/s1. The van der Waals surface area contributed by atoms with Gasteiger partial charge in [0.2, 0.25) is 0 Å². The summed E-state index contributed by atoms with van der Waals surface area (Å²) >= 11 is 0. The molecule has 4 nitrogen and oxygen atoms in total. The van der Waals surface area contributed by atoms with E-state index in [9.17, 15) is 9.67 Å². The third-order valence-corrected chi connectivity index (χ3v) is 8.38. The Hall–Kier alpha value is -1.61. The maximum atomic E-state index is 14.2. The fraction of sp³-hybridized carbons (Fsp3) is 0.500. The number of hydrogen-bond acceptors (Lipinski definition) is 4. The molecular weight excluding hydrogens is 381 g/mol. The van der Waals surface area contributed by atoms with Gasteiger partial charge in [0.1, 0.15) is 0 Å². The molecule has 0 spiro atoms. The highest BCUT2D eigenvalue weighted by atomic mass is 31.2. The van der Waals surface area contributed by atoms with Crippen LogP contribution >= 0.6 is 7.37 Å². The number of aliphatic hydroxyl groups is 1. The van der Waals surface area contributed by atoms with Crippen molar-refractivity contribution in [2.75, 3.05) is 19.0 Å². The molecule has 29 heavy (non-hydrogen) atoms. The van der Waals surface area contributed by atoms with Gasteiger partial charge >= 0.3 is 0 Å². The molecular formula is C24H34NO3P. The molecule has 1 saturated carbocycles. The van der Waals surface area contributed by atoms with Crippen LogP contribution in [0.5, 0.6) is 0 Å². The Kier molecular flexibility index (Phi) is 7.21. The molecule has 0 radical (unpaired) electrons. The second-order valence-electron chi connectivity index (χ2n) is 8.57. The van der Waals surface area contributed by atoms with Crippen molar-refractivity contribution in [3.63, 3.8) is 0 Å². The van der Waals surface area contributed by atoms with E-state index in [2.05, 4.69) is 13.8 Å². The molecule has 3 rings (SSSR count). The van der Waals surface area contributed by atoms with E-state index in [1.165, 1.54) is 12.0 Å². The summed E-state index contributed by atoms with van der Waals surface area (Å²) < 4.78 is 20.4. The van der Waals surface area contributed by atoms with Gasteiger partial charge < -0.3 is 14.5 Å². The van der Waals surface area contributed by atoms with E-state index in [4.69, 9.17) is 4.52 Å². The van der Waals surface area contributed by atoms with Crippen molar-refractivity contribution in [1.29, 1.82) is 0 Å². The second-order valence-corrected chi connectivity index (χ2v) is 11.0. The summed E-state index contributed by atoms with van der Waals surface area (Å²) in [6, 6.07) is 15.3. The molecule has 0 saturated heterocycles. The molecule has 0 aliphatic heterocycles. The molecule has 1 N–H and O–H groups in total. The molecule has 0 amide bonds. The predicted octanol–water partition coefficient (Wildman–Crippen LogP) is 5.82. The molecule has 1 aliphatic rings. The minimum absolute atomic E-state index is 0.0623. The molecule has 2 atom stereocenters. The number of aliphatic hydroxyl groups excluding tert-OH is 1. The Morgan fingerprint density at radius 3 is 2.00 bits per heavy atom. The zero-order valence-electron chi connectivity index (χ0n) is 18.0. The normalized spacial score (nSPS) is 18.4. The highest BCUT2D eigenvalue weighted by molar-refractivity contribution is 7.67. The van der Waals surface area contributed by atoms with E-state index >= 15 is 0 Å². The highest BCUT2D eigenvalue weighted by Crippen LogP contribution is 2.59. The van der Waals surface area contributed by atoms with E-state index in [0.29, 0.717) is 16.8 Å². The lowest BCUT2D eigenvalue weighted by Crippen LogP contribution is -2.22. The van der Waals surface area contributed by atoms with Gasteiger partial charge in [0, 0.05) is 25.1 Å².